The molecule has 0 radical (unpaired) electrons. The van der Waals surface area contributed by atoms with Crippen LogP contribution in [0.1, 0.15) is 63.4 Å². The lowest BCUT2D eigenvalue weighted by Crippen LogP contribution is -2.74. The van der Waals surface area contributed by atoms with Crippen LogP contribution in [-0.4, -0.2) is 32.2 Å². The number of aromatic nitrogens is 5. The Hall–Kier alpha value is -9.75. The van der Waals surface area contributed by atoms with Crippen LogP contribution in [0.3, 0.4) is 0 Å². The second-order valence-electron chi connectivity index (χ2n) is 19.0. The minimum absolute atomic E-state index is 0.113. The summed E-state index contributed by atoms with van der Waals surface area (Å²) in [4.78, 5) is 14.5. The summed E-state index contributed by atoms with van der Waals surface area (Å²) in [6, 6.07) is 5.01. The number of para-hydroxylation sites is 5. The fraction of sp³-hybridized carbons (Fsp3) is 0.0417. The summed E-state index contributed by atoms with van der Waals surface area (Å²) in [6.07, 6.45) is 0. The first-order valence-electron chi connectivity index (χ1n) is 38.6. The third-order valence-corrected chi connectivity index (χ3v) is 18.9. The van der Waals surface area contributed by atoms with Crippen LogP contribution >= 0.6 is 0 Å². The molecule has 0 spiro atoms. The summed E-state index contributed by atoms with van der Waals surface area (Å²) < 4.78 is 268. The summed E-state index contributed by atoms with van der Waals surface area (Å²) in [5.74, 6) is -2.90. The third-order valence-electron chi connectivity index (χ3n) is 14.5. The molecular weight excluding hydrogens is 963 g/mol. The normalized spacial score (nSPS) is 17.9. The molecule has 1 aliphatic rings. The molecule has 3 heterocycles. The predicted molar refractivity (Wildman–Crippen MR) is 326 cm³/mol. The van der Waals surface area contributed by atoms with E-state index in [0.717, 1.165) is 31.4 Å². The number of nitrogens with zero attached hydrogens (tertiary/aromatic N) is 5. The Morgan fingerprint density at radius 2 is 0.859 bits per heavy atom. The first-order chi connectivity index (χ1) is 50.1. The zero-order valence-electron chi connectivity index (χ0n) is 69.1. The Balaban J connectivity index is 1.15. The van der Waals surface area contributed by atoms with Gasteiger partial charge in [0.2, 0.25) is 5.95 Å². The molecule has 0 atom stereocenters. The van der Waals surface area contributed by atoms with Crippen LogP contribution in [0.25, 0.3) is 100 Å². The van der Waals surface area contributed by atoms with Crippen molar-refractivity contribution >= 4 is 72.4 Å². The Morgan fingerprint density at radius 1 is 0.372 bits per heavy atom. The molecule has 14 aromatic rings. The van der Waals surface area contributed by atoms with Crippen molar-refractivity contribution < 1.29 is 38.4 Å². The van der Waals surface area contributed by atoms with Crippen LogP contribution in [0.2, 0.25) is 0 Å². The lowest BCUT2D eigenvalue weighted by Gasteiger charge is -2.35. The van der Waals surface area contributed by atoms with E-state index >= 15 is 0 Å². The number of benzene rings is 11. The van der Waals surface area contributed by atoms with Crippen molar-refractivity contribution in [2.24, 2.45) is 0 Å². The van der Waals surface area contributed by atoms with Gasteiger partial charge in [-0.25, -0.2) is 4.98 Å². The van der Waals surface area contributed by atoms with Gasteiger partial charge in [0, 0.05) is 38.1 Å². The Bertz CT molecular complexity index is 6170. The highest BCUT2D eigenvalue weighted by atomic mass is 28.3. The van der Waals surface area contributed by atoms with E-state index in [-0.39, 0.29) is 21.1 Å². The van der Waals surface area contributed by atoms with E-state index in [1.54, 1.807) is 66.7 Å². The van der Waals surface area contributed by atoms with Crippen LogP contribution in [0.4, 0.5) is 0 Å². The molecule has 78 heavy (non-hydrogen) atoms. The molecule has 0 bridgehead atoms. The van der Waals surface area contributed by atoms with Crippen molar-refractivity contribution in [1.82, 2.24) is 24.1 Å². The van der Waals surface area contributed by atoms with E-state index in [9.17, 15) is 27.4 Å². The molecule has 0 amide bonds. The summed E-state index contributed by atoms with van der Waals surface area (Å²) in [6.45, 7) is 4.13. The van der Waals surface area contributed by atoms with E-state index in [2.05, 4.69) is 13.8 Å². The van der Waals surface area contributed by atoms with Gasteiger partial charge >= 0.3 is 0 Å². The second-order valence-corrected chi connectivity index (χ2v) is 22.6. The molecule has 5 nitrogen and oxygen atoms in total. The van der Waals surface area contributed by atoms with Gasteiger partial charge in [0.05, 0.1) is 66.1 Å². The molecule has 0 fully saturated rings. The minimum atomic E-state index is -5.08. The highest BCUT2D eigenvalue weighted by Gasteiger charge is 2.42. The largest absolute Gasteiger partial charge is 0.309 e. The number of hydrogen-bond acceptors (Lipinski definition) is 3. The van der Waals surface area contributed by atoms with E-state index in [4.69, 9.17) is 25.9 Å². The smallest absolute Gasteiger partial charge is 0.238 e. The Morgan fingerprint density at radius 3 is 1.47 bits per heavy atom. The van der Waals surface area contributed by atoms with Crippen LogP contribution in [0.15, 0.2) is 272 Å². The zero-order chi connectivity index (χ0) is 76.3. The molecule has 0 unspecified atom stereocenters. The van der Waals surface area contributed by atoms with Gasteiger partial charge in [-0.3, -0.25) is 4.57 Å². The maximum atomic E-state index is 11.0. The van der Waals surface area contributed by atoms with Gasteiger partial charge in [0.25, 0.3) is 0 Å². The van der Waals surface area contributed by atoms with Crippen molar-refractivity contribution in [3.8, 4) is 56.7 Å². The first-order valence-corrected chi connectivity index (χ1v) is 26.6. The Kier molecular flexibility index (Phi) is 5.84. The fourth-order valence-electron chi connectivity index (χ4n) is 11.0. The quantitative estimate of drug-likeness (QED) is 0.107. The number of fused-ring (bicyclic) bond motifs is 9. The highest BCUT2D eigenvalue weighted by Crippen LogP contribution is 2.49. The second kappa shape index (κ2) is 17.9. The molecule has 15 rings (SSSR count). The van der Waals surface area contributed by atoms with Crippen LogP contribution in [0.5, 0.6) is 0 Å². The lowest BCUT2D eigenvalue weighted by atomic mass is 9.82. The summed E-state index contributed by atoms with van der Waals surface area (Å²) >= 11 is 0. The van der Waals surface area contributed by atoms with Gasteiger partial charge in [-0.05, 0) is 96.4 Å². The maximum Gasteiger partial charge on any atom is 0.238 e. The van der Waals surface area contributed by atoms with Crippen molar-refractivity contribution in [1.29, 1.82) is 0 Å². The molecule has 368 valence electrons. The summed E-state index contributed by atoms with van der Waals surface area (Å²) in [7, 11) is -5.08. The van der Waals surface area contributed by atoms with Crippen molar-refractivity contribution in [2.45, 2.75) is 19.3 Å². The topological polar surface area (TPSA) is 48.5 Å². The van der Waals surface area contributed by atoms with Gasteiger partial charge in [-0.1, -0.05) is 244 Å². The van der Waals surface area contributed by atoms with Crippen LogP contribution < -0.4 is 20.7 Å². The molecule has 0 N–H and O–H groups in total. The van der Waals surface area contributed by atoms with E-state index in [1.807, 2.05) is 36.4 Å². The molecule has 0 saturated heterocycles. The van der Waals surface area contributed by atoms with Crippen LogP contribution in [0, 0.1) is 0 Å². The highest BCUT2D eigenvalue weighted by molar-refractivity contribution is 7.20. The fourth-order valence-corrected chi connectivity index (χ4v) is 15.3. The standard InChI is InChI=1S/C72H51N5Si/c1-72(2)62-37-15-9-31-55(62)61-47-49(43-44-63(61)72)48-23-21-29-53(45-48)78(51-25-5-3-6-26-51,52-27-7-4-8-28-52)54-30-22-24-50(46-54)69-73-70(75-71(74-69)77-66-40-18-12-34-58(66)59-35-13-19-41-67(59)77)60-36-14-20-42-68(60)76-64-38-16-10-32-56(64)57-33-11-17-39-65(57)76/h3-47H,1-2H3/i10D,11D,12D,13D,14D,16D,17D,18D,19D,20D,21D,22D,23D,24D,29D,30D,32D,33D,34D,35D,36D,38D,39D,40D,41D,42D,45D,46D. The first kappa shape index (κ1) is 25.4. The van der Waals surface area contributed by atoms with E-state index in [0.29, 0.717) is 5.56 Å². The average molecular weight is 1040 g/mol. The maximum absolute atomic E-state index is 11.0. The van der Waals surface area contributed by atoms with Gasteiger partial charge in [-0.2, -0.15) is 9.97 Å². The third kappa shape index (κ3) is 6.96. The summed E-state index contributed by atoms with van der Waals surface area (Å²) in [5.41, 5.74) is -1.91. The van der Waals surface area contributed by atoms with Gasteiger partial charge < -0.3 is 4.57 Å². The zero-order valence-corrected chi connectivity index (χ0v) is 42.1. The van der Waals surface area contributed by atoms with E-state index in [1.165, 1.54) is 0 Å². The van der Waals surface area contributed by atoms with Gasteiger partial charge in [0.15, 0.2) is 19.7 Å². The van der Waals surface area contributed by atoms with Gasteiger partial charge in [0.1, 0.15) is 0 Å². The molecule has 3 aromatic heterocycles. The van der Waals surface area contributed by atoms with Crippen LogP contribution in [-0.2, 0) is 5.41 Å². The molecule has 6 heteroatoms. The number of rotatable bonds is 9. The monoisotopic (exact) mass is 1040 g/mol. The Labute approximate surface area is 493 Å². The van der Waals surface area contributed by atoms with E-state index < -0.39 is 266 Å². The number of hydrogen-bond donors (Lipinski definition) is 0. The molecule has 0 aliphatic heterocycles. The minimum Gasteiger partial charge on any atom is -0.309 e. The average Bonchev–Trinajstić information content (AvgIpc) is 0.977. The molecule has 11 aromatic carbocycles. The predicted octanol–water partition coefficient (Wildman–Crippen LogP) is 14.8. The lowest BCUT2D eigenvalue weighted by molar-refractivity contribution is 0.660. The molecular formula is C72H51N5Si. The molecule has 1 aliphatic carbocycles. The van der Waals surface area contributed by atoms with Crippen molar-refractivity contribution in [3.63, 3.8) is 0 Å². The molecule has 0 saturated carbocycles. The van der Waals surface area contributed by atoms with Crippen molar-refractivity contribution in [2.75, 3.05) is 0 Å². The SMILES string of the molecule is [2H]c1c([2H])c([2H])c(-n2c3c([2H])c([2H])c([2H])c([2H])c3c3c([2H])c([2H])c([2H])c([2H])c32)c(-c2nc(-c3c([2H])c([2H])c([2H])c([Si](c4ccccc4)(c4ccccc4)c4c([2H])c([2H])c([2H])c(-c5ccc6c(c5)-c5ccccc5C6(C)C)c4[2H])c3[2H])nc(-n3c4c([2H])c([2H])c([2H])c([2H])c4c4c([2H])c([2H])c([2H])c([2H])c43)n2)c1[2H]. The van der Waals surface area contributed by atoms with Crippen molar-refractivity contribution in [3.05, 3.63) is 283 Å². The van der Waals surface area contributed by atoms with Gasteiger partial charge in [-0.15, -0.1) is 0 Å². The summed E-state index contributed by atoms with van der Waals surface area (Å²) in [5, 5.41) is -2.37.